The number of amides is 2. The van der Waals surface area contributed by atoms with Crippen LogP contribution in [0.15, 0.2) is 91.1 Å². The van der Waals surface area contributed by atoms with Gasteiger partial charge in [-0.05, 0) is 73.5 Å². The van der Waals surface area contributed by atoms with Gasteiger partial charge in [0.25, 0.3) is 0 Å². The van der Waals surface area contributed by atoms with Crippen LogP contribution in [0.2, 0.25) is 5.02 Å². The number of para-hydroxylation sites is 1. The summed E-state index contributed by atoms with van der Waals surface area (Å²) < 4.78 is 9.64. The number of ether oxygens (including phenoxy) is 1. The van der Waals surface area contributed by atoms with Crippen LogP contribution in [0.5, 0.6) is 5.75 Å². The van der Waals surface area contributed by atoms with E-state index in [1.807, 2.05) is 108 Å². The Morgan fingerprint density at radius 3 is 2.59 bits per heavy atom. The fraction of sp³-hybridized carbons (Fsp3) is 0.161. The number of carbonyl (C=O) groups is 1. The SMILES string of the molecule is COc1cccc(C2c3cccn3-c3c(c(C)nn3-c3ccccc3)CN2C(=O)Nc2ccc(C)cc2Cl)c1. The van der Waals surface area contributed by atoms with E-state index in [4.69, 9.17) is 21.4 Å². The van der Waals surface area contributed by atoms with Crippen molar-refractivity contribution in [3.05, 3.63) is 124 Å². The second-order valence-electron chi connectivity index (χ2n) is 9.66. The van der Waals surface area contributed by atoms with Crippen molar-refractivity contribution in [3.8, 4) is 17.3 Å². The van der Waals surface area contributed by atoms with Crippen molar-refractivity contribution < 1.29 is 9.53 Å². The molecule has 1 unspecified atom stereocenters. The molecule has 6 rings (SSSR count). The van der Waals surface area contributed by atoms with Crippen LogP contribution in [-0.2, 0) is 6.54 Å². The summed E-state index contributed by atoms with van der Waals surface area (Å²) >= 11 is 6.51. The molecule has 0 spiro atoms. The first-order valence-corrected chi connectivity index (χ1v) is 13.1. The second-order valence-corrected chi connectivity index (χ2v) is 10.1. The number of benzene rings is 3. The predicted molar refractivity (Wildman–Crippen MR) is 153 cm³/mol. The number of methoxy groups -OCH3 is 1. The van der Waals surface area contributed by atoms with Crippen LogP contribution in [0.25, 0.3) is 11.5 Å². The molecule has 0 saturated carbocycles. The summed E-state index contributed by atoms with van der Waals surface area (Å²) in [4.78, 5) is 16.0. The van der Waals surface area contributed by atoms with Crippen LogP contribution in [0.3, 0.4) is 0 Å². The highest BCUT2D eigenvalue weighted by molar-refractivity contribution is 6.33. The first kappa shape index (κ1) is 24.8. The molecule has 1 atom stereocenters. The topological polar surface area (TPSA) is 64.3 Å². The summed E-state index contributed by atoms with van der Waals surface area (Å²) in [6.07, 6.45) is 2.03. The molecule has 39 heavy (non-hydrogen) atoms. The van der Waals surface area contributed by atoms with Crippen LogP contribution in [0, 0.1) is 13.8 Å². The van der Waals surface area contributed by atoms with E-state index in [-0.39, 0.29) is 6.03 Å². The fourth-order valence-electron chi connectivity index (χ4n) is 5.22. The van der Waals surface area contributed by atoms with Crippen molar-refractivity contribution >= 4 is 23.3 Å². The maximum absolute atomic E-state index is 14.1. The lowest BCUT2D eigenvalue weighted by Gasteiger charge is -2.31. The molecular formula is C31H28ClN5O2. The Morgan fingerprint density at radius 1 is 1.00 bits per heavy atom. The zero-order chi connectivity index (χ0) is 27.1. The number of halogens is 1. The number of nitrogens with zero attached hydrogens (tertiary/aromatic N) is 4. The Hall–Kier alpha value is -4.49. The van der Waals surface area contributed by atoms with Crippen LogP contribution in [0.1, 0.15) is 34.1 Å². The first-order chi connectivity index (χ1) is 18.9. The van der Waals surface area contributed by atoms with Gasteiger partial charge in [-0.3, -0.25) is 0 Å². The Bertz CT molecular complexity index is 1670. The van der Waals surface area contributed by atoms with Gasteiger partial charge in [0.05, 0.1) is 47.5 Å². The van der Waals surface area contributed by atoms with Crippen molar-refractivity contribution in [2.75, 3.05) is 12.4 Å². The van der Waals surface area contributed by atoms with Crippen molar-refractivity contribution in [1.82, 2.24) is 19.2 Å². The molecule has 3 heterocycles. The molecule has 1 N–H and O–H groups in total. The van der Waals surface area contributed by atoms with Gasteiger partial charge in [-0.25, -0.2) is 9.48 Å². The Morgan fingerprint density at radius 2 is 1.82 bits per heavy atom. The molecule has 0 saturated heterocycles. The van der Waals surface area contributed by atoms with E-state index in [0.29, 0.717) is 17.3 Å². The number of aromatic nitrogens is 3. The van der Waals surface area contributed by atoms with Gasteiger partial charge in [-0.1, -0.05) is 48.0 Å². The molecule has 0 fully saturated rings. The lowest BCUT2D eigenvalue weighted by molar-refractivity contribution is 0.194. The van der Waals surface area contributed by atoms with E-state index < -0.39 is 6.04 Å². The van der Waals surface area contributed by atoms with Gasteiger partial charge >= 0.3 is 6.03 Å². The molecule has 0 bridgehead atoms. The zero-order valence-corrected chi connectivity index (χ0v) is 22.7. The summed E-state index contributed by atoms with van der Waals surface area (Å²) in [7, 11) is 1.65. The standard InChI is InChI=1S/C31H28ClN5O2/c1-20-14-15-27(26(32)17-20)33-31(38)36-19-25-21(2)34-37(23-10-5-4-6-11-23)30(25)35-16-8-13-28(35)29(36)22-9-7-12-24(18-22)39-3/h4-18,29H,19H2,1-3H3,(H,33,38). The number of nitrogens with one attached hydrogen (secondary N) is 1. The summed E-state index contributed by atoms with van der Waals surface area (Å²) in [5.74, 6) is 1.64. The number of carbonyl (C=O) groups excluding carboxylic acids is 1. The van der Waals surface area contributed by atoms with Gasteiger partial charge in [0.15, 0.2) is 0 Å². The van der Waals surface area contributed by atoms with Crippen molar-refractivity contribution in [1.29, 1.82) is 0 Å². The highest BCUT2D eigenvalue weighted by Gasteiger charge is 2.36. The smallest absolute Gasteiger partial charge is 0.323 e. The van der Waals surface area contributed by atoms with E-state index in [9.17, 15) is 4.79 Å². The van der Waals surface area contributed by atoms with Crippen molar-refractivity contribution in [3.63, 3.8) is 0 Å². The molecule has 0 aliphatic carbocycles. The summed E-state index contributed by atoms with van der Waals surface area (Å²) in [6, 6.07) is 26.9. The molecule has 1 aliphatic rings. The van der Waals surface area contributed by atoms with E-state index in [0.717, 1.165) is 45.3 Å². The van der Waals surface area contributed by atoms with Crippen molar-refractivity contribution in [2.24, 2.45) is 0 Å². The minimum atomic E-state index is -0.407. The summed E-state index contributed by atoms with van der Waals surface area (Å²) in [5.41, 5.74) is 6.22. The number of hydrogen-bond acceptors (Lipinski definition) is 3. The second kappa shape index (κ2) is 10.0. The van der Waals surface area contributed by atoms with Crippen LogP contribution >= 0.6 is 11.6 Å². The average molecular weight is 538 g/mol. The molecule has 1 aliphatic heterocycles. The zero-order valence-electron chi connectivity index (χ0n) is 21.9. The molecule has 5 aromatic rings. The third-order valence-corrected chi connectivity index (χ3v) is 7.44. The highest BCUT2D eigenvalue weighted by Crippen LogP contribution is 2.39. The van der Waals surface area contributed by atoms with Gasteiger partial charge in [-0.2, -0.15) is 5.10 Å². The summed E-state index contributed by atoms with van der Waals surface area (Å²) in [5, 5.41) is 8.46. The molecule has 8 heteroatoms. The maximum Gasteiger partial charge on any atom is 0.323 e. The average Bonchev–Trinajstić information content (AvgIpc) is 3.51. The Kier molecular flexibility index (Phi) is 6.37. The van der Waals surface area contributed by atoms with Crippen molar-refractivity contribution in [2.45, 2.75) is 26.4 Å². The number of hydrogen-bond donors (Lipinski definition) is 1. The Balaban J connectivity index is 1.54. The normalized spacial score (nSPS) is 14.4. The number of rotatable bonds is 4. The van der Waals surface area contributed by atoms with Crippen LogP contribution in [-0.4, -0.2) is 32.4 Å². The van der Waals surface area contributed by atoms with Crippen LogP contribution < -0.4 is 10.1 Å². The number of fused-ring (bicyclic) bond motifs is 3. The van der Waals surface area contributed by atoms with E-state index in [2.05, 4.69) is 16.0 Å². The van der Waals surface area contributed by atoms with E-state index in [1.54, 1.807) is 7.11 Å². The third kappa shape index (κ3) is 4.45. The lowest BCUT2D eigenvalue weighted by Crippen LogP contribution is -2.38. The van der Waals surface area contributed by atoms with Gasteiger partial charge in [0.2, 0.25) is 0 Å². The highest BCUT2D eigenvalue weighted by atomic mass is 35.5. The summed E-state index contributed by atoms with van der Waals surface area (Å²) in [6.45, 7) is 4.29. The van der Waals surface area contributed by atoms with Gasteiger partial charge in [-0.15, -0.1) is 0 Å². The van der Waals surface area contributed by atoms with Gasteiger partial charge < -0.3 is 19.5 Å². The number of urea groups is 1. The van der Waals surface area contributed by atoms with Crippen LogP contribution in [0.4, 0.5) is 10.5 Å². The minimum absolute atomic E-state index is 0.263. The maximum atomic E-state index is 14.1. The third-order valence-electron chi connectivity index (χ3n) is 7.12. The van der Waals surface area contributed by atoms with E-state index >= 15 is 0 Å². The number of aryl methyl sites for hydroxylation is 2. The Labute approximate surface area is 232 Å². The lowest BCUT2D eigenvalue weighted by atomic mass is 10.0. The number of anilines is 1. The van der Waals surface area contributed by atoms with E-state index in [1.165, 1.54) is 0 Å². The van der Waals surface area contributed by atoms with Gasteiger partial charge in [0.1, 0.15) is 11.6 Å². The minimum Gasteiger partial charge on any atom is -0.497 e. The quantitative estimate of drug-likeness (QED) is 0.266. The monoisotopic (exact) mass is 537 g/mol. The molecule has 3 aromatic carbocycles. The largest absolute Gasteiger partial charge is 0.497 e. The first-order valence-electron chi connectivity index (χ1n) is 12.7. The fourth-order valence-corrected chi connectivity index (χ4v) is 5.50. The predicted octanol–water partition coefficient (Wildman–Crippen LogP) is 7.08. The molecule has 196 valence electrons. The molecule has 2 amide bonds. The molecular weight excluding hydrogens is 510 g/mol. The molecule has 0 radical (unpaired) electrons. The molecule has 2 aromatic heterocycles. The van der Waals surface area contributed by atoms with Gasteiger partial charge in [0, 0.05) is 11.8 Å². The molecule has 7 nitrogen and oxygen atoms in total.